The van der Waals surface area contributed by atoms with Crippen molar-refractivity contribution in [1.82, 2.24) is 20.4 Å². The molecule has 1 atom stereocenters. The van der Waals surface area contributed by atoms with E-state index in [-0.39, 0.29) is 12.1 Å². The lowest BCUT2D eigenvalue weighted by molar-refractivity contribution is 0.0900. The third-order valence-electron chi connectivity index (χ3n) is 4.83. The van der Waals surface area contributed by atoms with E-state index < -0.39 is 0 Å². The molecule has 0 saturated heterocycles. The smallest absolute Gasteiger partial charge is 0.269 e. The van der Waals surface area contributed by atoms with Crippen LogP contribution in [-0.4, -0.2) is 36.5 Å². The van der Waals surface area contributed by atoms with E-state index in [4.69, 9.17) is 9.47 Å². The Kier molecular flexibility index (Phi) is 4.99. The summed E-state index contributed by atoms with van der Waals surface area (Å²) in [7, 11) is 3.29. The van der Waals surface area contributed by atoms with Crippen molar-refractivity contribution in [3.8, 4) is 22.8 Å². The van der Waals surface area contributed by atoms with Crippen molar-refractivity contribution < 1.29 is 14.3 Å². The Morgan fingerprint density at radius 2 is 1.93 bits per heavy atom. The van der Waals surface area contributed by atoms with E-state index in [2.05, 4.69) is 15.7 Å². The molecule has 1 aliphatic heterocycles. The van der Waals surface area contributed by atoms with E-state index in [0.29, 0.717) is 18.8 Å². The van der Waals surface area contributed by atoms with Gasteiger partial charge in [-0.05, 0) is 36.4 Å². The summed E-state index contributed by atoms with van der Waals surface area (Å²) in [6.07, 6.45) is -0.149. The van der Waals surface area contributed by atoms with Crippen LogP contribution in [0.25, 0.3) is 11.3 Å². The monoisotopic (exact) mass is 378 g/mol. The van der Waals surface area contributed by atoms with Crippen molar-refractivity contribution in [2.45, 2.75) is 12.7 Å². The van der Waals surface area contributed by atoms with Crippen LogP contribution in [0, 0.1) is 0 Å². The highest BCUT2D eigenvalue weighted by molar-refractivity contribution is 5.94. The summed E-state index contributed by atoms with van der Waals surface area (Å²) in [5, 5.41) is 11.1. The molecule has 0 unspecified atom stereocenters. The lowest BCUT2D eigenvalue weighted by Crippen LogP contribution is -2.45. The zero-order chi connectivity index (χ0) is 19.5. The van der Waals surface area contributed by atoms with Gasteiger partial charge in [-0.25, -0.2) is 4.68 Å². The van der Waals surface area contributed by atoms with Crippen molar-refractivity contribution in [3.63, 3.8) is 0 Å². The van der Waals surface area contributed by atoms with Crippen molar-refractivity contribution in [2.75, 3.05) is 20.8 Å². The summed E-state index contributed by atoms with van der Waals surface area (Å²) in [4.78, 5) is 12.3. The number of carbonyl (C=O) groups is 1. The number of benzene rings is 2. The van der Waals surface area contributed by atoms with Crippen LogP contribution in [0.2, 0.25) is 0 Å². The van der Waals surface area contributed by atoms with Crippen LogP contribution >= 0.6 is 0 Å². The summed E-state index contributed by atoms with van der Waals surface area (Å²) < 4.78 is 12.4. The number of para-hydroxylation sites is 1. The van der Waals surface area contributed by atoms with Crippen molar-refractivity contribution in [2.24, 2.45) is 0 Å². The number of rotatable bonds is 6. The molecular formula is C21H22N4O3. The number of carbonyl (C=O) groups excluding carboxylic acids is 1. The van der Waals surface area contributed by atoms with Crippen LogP contribution in [0.1, 0.15) is 22.2 Å². The Morgan fingerprint density at radius 3 is 2.68 bits per heavy atom. The van der Waals surface area contributed by atoms with Gasteiger partial charge in [0, 0.05) is 17.7 Å². The Morgan fingerprint density at radius 1 is 1.14 bits per heavy atom. The molecule has 2 heterocycles. The molecule has 0 spiro atoms. The summed E-state index contributed by atoms with van der Waals surface area (Å²) in [5.74, 6) is 1.49. The molecule has 7 nitrogen and oxygen atoms in total. The average molecular weight is 378 g/mol. The number of methoxy groups -OCH3 is 2. The van der Waals surface area contributed by atoms with Crippen LogP contribution in [0.3, 0.4) is 0 Å². The molecular weight excluding hydrogens is 356 g/mol. The first kappa shape index (κ1) is 18.1. The molecule has 4 rings (SSSR count). The van der Waals surface area contributed by atoms with Crippen molar-refractivity contribution in [1.29, 1.82) is 0 Å². The first-order chi connectivity index (χ1) is 13.7. The maximum atomic E-state index is 12.3. The zero-order valence-corrected chi connectivity index (χ0v) is 15.8. The van der Waals surface area contributed by atoms with Gasteiger partial charge in [-0.2, -0.15) is 5.10 Å². The largest absolute Gasteiger partial charge is 0.497 e. The summed E-state index contributed by atoms with van der Waals surface area (Å²) in [6, 6.07) is 17.3. The molecule has 0 saturated carbocycles. The average Bonchev–Trinajstić information content (AvgIpc) is 3.20. The van der Waals surface area contributed by atoms with Crippen molar-refractivity contribution in [3.05, 3.63) is 65.9 Å². The number of aromatic nitrogens is 2. The number of ether oxygens (including phenoxy) is 2. The quantitative estimate of drug-likeness (QED) is 0.689. The molecule has 1 aromatic heterocycles. The normalized spacial score (nSPS) is 15.6. The molecule has 0 aliphatic carbocycles. The molecule has 28 heavy (non-hydrogen) atoms. The minimum absolute atomic E-state index is 0.123. The lowest BCUT2D eigenvalue weighted by Gasteiger charge is -2.26. The van der Waals surface area contributed by atoms with Crippen LogP contribution in [0.15, 0.2) is 54.6 Å². The molecule has 2 N–H and O–H groups in total. The number of nitrogens with zero attached hydrogens (tertiary/aromatic N) is 2. The minimum Gasteiger partial charge on any atom is -0.497 e. The standard InChI is InChI=1S/C21H22N4O3/c1-27-16-9-7-14(8-10-16)17-11-18-21(26)23-13-20(25(18)24-17)22-12-15-5-3-4-6-19(15)28-2/h3-11,20,22H,12-13H2,1-2H3,(H,23,26)/t20-/m0/s1. The summed E-state index contributed by atoms with van der Waals surface area (Å²) in [5.41, 5.74) is 3.26. The van der Waals surface area contributed by atoms with Gasteiger partial charge in [-0.15, -0.1) is 0 Å². The third kappa shape index (κ3) is 3.44. The molecule has 7 heteroatoms. The highest BCUT2D eigenvalue weighted by atomic mass is 16.5. The van der Waals surface area contributed by atoms with Gasteiger partial charge in [0.15, 0.2) is 0 Å². The van der Waals surface area contributed by atoms with E-state index in [9.17, 15) is 4.79 Å². The van der Waals surface area contributed by atoms with E-state index in [1.54, 1.807) is 18.9 Å². The Bertz CT molecular complexity index is 982. The van der Waals surface area contributed by atoms with E-state index in [0.717, 1.165) is 28.3 Å². The molecule has 0 fully saturated rings. The second-order valence-corrected chi connectivity index (χ2v) is 6.51. The highest BCUT2D eigenvalue weighted by Crippen LogP contribution is 2.25. The molecule has 3 aromatic rings. The first-order valence-electron chi connectivity index (χ1n) is 9.07. The topological polar surface area (TPSA) is 77.4 Å². The van der Waals surface area contributed by atoms with Gasteiger partial charge in [0.1, 0.15) is 23.4 Å². The van der Waals surface area contributed by atoms with Gasteiger partial charge in [0.2, 0.25) is 0 Å². The molecule has 1 aliphatic rings. The van der Waals surface area contributed by atoms with Crippen LogP contribution in [-0.2, 0) is 6.54 Å². The second-order valence-electron chi connectivity index (χ2n) is 6.51. The lowest BCUT2D eigenvalue weighted by atomic mass is 10.1. The van der Waals surface area contributed by atoms with Gasteiger partial charge >= 0.3 is 0 Å². The van der Waals surface area contributed by atoms with Crippen molar-refractivity contribution >= 4 is 5.91 Å². The number of amides is 1. The Labute approximate surface area is 163 Å². The maximum absolute atomic E-state index is 12.3. The molecule has 0 bridgehead atoms. The van der Waals surface area contributed by atoms with Crippen LogP contribution in [0.5, 0.6) is 11.5 Å². The van der Waals surface area contributed by atoms with E-state index in [1.807, 2.05) is 54.6 Å². The predicted octanol–water partition coefficient (Wildman–Crippen LogP) is 2.60. The van der Waals surface area contributed by atoms with Gasteiger partial charge in [0.25, 0.3) is 5.91 Å². The SMILES string of the molecule is COc1ccc(-c2cc3n(n2)[C@H](NCc2ccccc2OC)CNC3=O)cc1. The molecule has 2 aromatic carbocycles. The number of hydrogen-bond donors (Lipinski definition) is 2. The third-order valence-corrected chi connectivity index (χ3v) is 4.83. The fraction of sp³-hybridized carbons (Fsp3) is 0.238. The van der Waals surface area contributed by atoms with E-state index >= 15 is 0 Å². The zero-order valence-electron chi connectivity index (χ0n) is 15.8. The number of nitrogens with one attached hydrogen (secondary N) is 2. The Balaban J connectivity index is 1.58. The van der Waals surface area contributed by atoms with Gasteiger partial charge in [0.05, 0.1) is 26.5 Å². The highest BCUT2D eigenvalue weighted by Gasteiger charge is 2.27. The minimum atomic E-state index is -0.149. The Hall–Kier alpha value is -3.32. The number of fused-ring (bicyclic) bond motifs is 1. The van der Waals surface area contributed by atoms with Crippen LogP contribution < -0.4 is 20.1 Å². The first-order valence-corrected chi connectivity index (χ1v) is 9.07. The fourth-order valence-corrected chi connectivity index (χ4v) is 3.31. The fourth-order valence-electron chi connectivity index (χ4n) is 3.31. The van der Waals surface area contributed by atoms with Crippen LogP contribution in [0.4, 0.5) is 0 Å². The van der Waals surface area contributed by atoms with Gasteiger partial charge in [-0.1, -0.05) is 18.2 Å². The summed E-state index contributed by atoms with van der Waals surface area (Å²) in [6.45, 7) is 1.06. The van der Waals surface area contributed by atoms with Gasteiger partial charge < -0.3 is 14.8 Å². The van der Waals surface area contributed by atoms with E-state index in [1.165, 1.54) is 0 Å². The molecule has 144 valence electrons. The van der Waals surface area contributed by atoms with Gasteiger partial charge in [-0.3, -0.25) is 10.1 Å². The maximum Gasteiger partial charge on any atom is 0.269 e. The second kappa shape index (κ2) is 7.74. The molecule has 1 amide bonds. The predicted molar refractivity (Wildman–Crippen MR) is 105 cm³/mol. The summed E-state index contributed by atoms with van der Waals surface area (Å²) >= 11 is 0. The number of hydrogen-bond acceptors (Lipinski definition) is 5. The molecule has 0 radical (unpaired) electrons.